The molecule has 5 N–H and O–H groups in total. The van der Waals surface area contributed by atoms with E-state index in [2.05, 4.69) is 32.9 Å². The number of nitrogens with two attached hydrogens (primary N) is 1. The summed E-state index contributed by atoms with van der Waals surface area (Å²) in [6.45, 7) is 8.25. The van der Waals surface area contributed by atoms with Gasteiger partial charge in [0.05, 0.1) is 25.4 Å². The highest BCUT2D eigenvalue weighted by Gasteiger charge is 2.34. The highest BCUT2D eigenvalue weighted by molar-refractivity contribution is 6.08. The number of amides is 3. The smallest absolute Gasteiger partial charge is 0.416 e. The molecule has 1 fully saturated rings. The number of nitrogen functional groups attached to an aromatic ring is 1. The molecule has 0 bridgehead atoms. The second kappa shape index (κ2) is 14.8. The summed E-state index contributed by atoms with van der Waals surface area (Å²) < 4.78 is 48.8. The first-order valence-electron chi connectivity index (χ1n) is 15.5. The van der Waals surface area contributed by atoms with Gasteiger partial charge in [-0.05, 0) is 66.6 Å². The summed E-state index contributed by atoms with van der Waals surface area (Å²) in [5.41, 5.74) is 8.03. The van der Waals surface area contributed by atoms with Crippen LogP contribution >= 0.6 is 0 Å². The zero-order valence-corrected chi connectivity index (χ0v) is 27.0. The van der Waals surface area contributed by atoms with Crippen LogP contribution in [-0.4, -0.2) is 71.4 Å². The van der Waals surface area contributed by atoms with Crippen molar-refractivity contribution in [3.63, 3.8) is 0 Å². The number of hydrogen-bond acceptors (Lipinski definition) is 7. The summed E-state index contributed by atoms with van der Waals surface area (Å²) in [7, 11) is 1.59. The van der Waals surface area contributed by atoms with Gasteiger partial charge in [-0.25, -0.2) is 9.48 Å². The largest absolute Gasteiger partial charge is 0.497 e. The molecular weight excluding hydrogens is 625 g/mol. The van der Waals surface area contributed by atoms with Crippen LogP contribution in [-0.2, 0) is 19.3 Å². The lowest BCUT2D eigenvalue weighted by atomic mass is 10.0. The number of anilines is 4. The molecule has 2 heterocycles. The fourth-order valence-electron chi connectivity index (χ4n) is 5.51. The third-order valence-electron chi connectivity index (χ3n) is 8.34. The molecule has 1 aliphatic heterocycles. The number of piperazine rings is 1. The van der Waals surface area contributed by atoms with E-state index in [9.17, 15) is 22.8 Å². The lowest BCUT2D eigenvalue weighted by molar-refractivity contribution is -0.138. The Morgan fingerprint density at radius 1 is 0.896 bits per heavy atom. The Morgan fingerprint density at radius 3 is 2.19 bits per heavy atom. The third kappa shape index (κ3) is 8.44. The molecular formula is C34H39F3N8O3. The Kier molecular flexibility index (Phi) is 10.5. The number of methoxy groups -OCH3 is 1. The van der Waals surface area contributed by atoms with E-state index in [0.717, 1.165) is 37.0 Å². The van der Waals surface area contributed by atoms with Crippen LogP contribution in [0, 0.1) is 6.92 Å². The number of nitrogens with one attached hydrogen (secondary N) is 3. The summed E-state index contributed by atoms with van der Waals surface area (Å²) >= 11 is 0. The van der Waals surface area contributed by atoms with E-state index < -0.39 is 23.7 Å². The van der Waals surface area contributed by atoms with Crippen molar-refractivity contribution in [2.75, 3.05) is 61.5 Å². The van der Waals surface area contributed by atoms with Crippen LogP contribution < -0.4 is 26.4 Å². The maximum Gasteiger partial charge on any atom is 0.416 e. The summed E-state index contributed by atoms with van der Waals surface area (Å²) in [4.78, 5) is 30.3. The highest BCUT2D eigenvalue weighted by atomic mass is 19.4. The van der Waals surface area contributed by atoms with Crippen molar-refractivity contribution >= 4 is 34.8 Å². The molecule has 0 atom stereocenters. The predicted molar refractivity (Wildman–Crippen MR) is 179 cm³/mol. The molecule has 4 aromatic rings. The molecule has 1 aliphatic rings. The second-order valence-electron chi connectivity index (χ2n) is 11.6. The zero-order chi connectivity index (χ0) is 34.4. The molecule has 1 aromatic heterocycles. The minimum Gasteiger partial charge on any atom is -0.497 e. The van der Waals surface area contributed by atoms with E-state index in [1.165, 1.54) is 24.4 Å². The normalized spacial score (nSPS) is 14.0. The molecule has 48 heavy (non-hydrogen) atoms. The first-order valence-corrected chi connectivity index (χ1v) is 15.5. The Morgan fingerprint density at radius 2 is 1.54 bits per heavy atom. The highest BCUT2D eigenvalue weighted by Crippen LogP contribution is 2.35. The molecule has 14 heteroatoms. The van der Waals surface area contributed by atoms with Crippen molar-refractivity contribution in [1.82, 2.24) is 19.6 Å². The number of rotatable bonds is 10. The fourth-order valence-corrected chi connectivity index (χ4v) is 5.51. The quantitative estimate of drug-likeness (QED) is 0.167. The molecule has 5 rings (SSSR count). The van der Waals surface area contributed by atoms with E-state index in [1.807, 2.05) is 29.2 Å². The Balaban J connectivity index is 1.22. The van der Waals surface area contributed by atoms with Crippen molar-refractivity contribution in [2.24, 2.45) is 0 Å². The van der Waals surface area contributed by atoms with E-state index in [4.69, 9.17) is 10.5 Å². The number of nitrogens with zero attached hydrogens (tertiary/aromatic N) is 4. The Hall–Kier alpha value is -5.08. The number of ether oxygens (including phenoxy) is 1. The van der Waals surface area contributed by atoms with E-state index in [-0.39, 0.29) is 34.9 Å². The number of aromatic nitrogens is 2. The number of alkyl halides is 3. The van der Waals surface area contributed by atoms with Crippen molar-refractivity contribution in [3.8, 4) is 5.75 Å². The van der Waals surface area contributed by atoms with E-state index >= 15 is 0 Å². The Labute approximate surface area is 276 Å². The minimum absolute atomic E-state index is 0.00779. The van der Waals surface area contributed by atoms with Crippen LogP contribution in [0.5, 0.6) is 5.75 Å². The van der Waals surface area contributed by atoms with Gasteiger partial charge in [0.15, 0.2) is 0 Å². The molecule has 0 radical (unpaired) electrons. The van der Waals surface area contributed by atoms with Crippen molar-refractivity contribution < 1.29 is 27.5 Å². The van der Waals surface area contributed by atoms with Gasteiger partial charge in [-0.1, -0.05) is 31.2 Å². The summed E-state index contributed by atoms with van der Waals surface area (Å²) in [6, 6.07) is 15.2. The average molecular weight is 665 g/mol. The SMILES string of the molecule is CCN1CCN(Cc2ccc(NC(=O)Nc3ccc(C)c(C(=O)Nc4cnn(Cc5ccc(OC)cc5)c4N)c3)cc2C(F)(F)F)CC1. The molecule has 1 saturated heterocycles. The predicted octanol–water partition coefficient (Wildman–Crippen LogP) is 5.88. The van der Waals surface area contributed by atoms with Gasteiger partial charge in [-0.2, -0.15) is 18.3 Å². The first-order chi connectivity index (χ1) is 22.9. The van der Waals surface area contributed by atoms with Crippen LogP contribution in [0.3, 0.4) is 0 Å². The molecule has 0 spiro atoms. The number of urea groups is 1. The van der Waals surface area contributed by atoms with Gasteiger partial charge in [0.1, 0.15) is 17.3 Å². The van der Waals surface area contributed by atoms with Gasteiger partial charge < -0.3 is 31.3 Å². The number of aryl methyl sites for hydroxylation is 1. The van der Waals surface area contributed by atoms with Gasteiger partial charge in [0, 0.05) is 49.7 Å². The molecule has 3 amide bonds. The maximum absolute atomic E-state index is 14.0. The maximum atomic E-state index is 14.0. The molecule has 0 unspecified atom stereocenters. The lowest BCUT2D eigenvalue weighted by Gasteiger charge is -2.34. The Bertz CT molecular complexity index is 1750. The van der Waals surface area contributed by atoms with Gasteiger partial charge in [0.2, 0.25) is 0 Å². The van der Waals surface area contributed by atoms with Gasteiger partial charge in [-0.3, -0.25) is 9.69 Å². The van der Waals surface area contributed by atoms with Gasteiger partial charge in [-0.15, -0.1) is 0 Å². The van der Waals surface area contributed by atoms with E-state index in [1.54, 1.807) is 30.8 Å². The minimum atomic E-state index is -4.59. The van der Waals surface area contributed by atoms with Crippen LogP contribution in [0.1, 0.15) is 39.5 Å². The molecule has 3 aromatic carbocycles. The van der Waals surface area contributed by atoms with Crippen LogP contribution in [0.15, 0.2) is 66.9 Å². The van der Waals surface area contributed by atoms with Gasteiger partial charge in [0.25, 0.3) is 5.91 Å². The number of likely N-dealkylation sites (N-methyl/N-ethyl adjacent to an activating group) is 1. The molecule has 254 valence electrons. The standard InChI is InChI=1S/C34H39F3N8O3/c1-4-43-13-15-44(16-14-43)21-24-8-10-26(18-29(24)34(35,36)37)41-33(47)40-25-9-5-22(2)28(17-25)32(46)42-30-19-39-45(31(30)38)20-23-6-11-27(48-3)12-7-23/h5-12,17-19H,4,13-16,20-21,38H2,1-3H3,(H,42,46)(H2,40,41,47). The molecule has 11 nitrogen and oxygen atoms in total. The van der Waals surface area contributed by atoms with E-state index in [0.29, 0.717) is 30.9 Å². The van der Waals surface area contributed by atoms with Crippen molar-refractivity contribution in [2.45, 2.75) is 33.1 Å². The van der Waals surface area contributed by atoms with Crippen molar-refractivity contribution in [1.29, 1.82) is 0 Å². The number of hydrogen-bond donors (Lipinski definition) is 4. The topological polar surface area (TPSA) is 130 Å². The first kappa shape index (κ1) is 34.3. The molecule has 0 saturated carbocycles. The third-order valence-corrected chi connectivity index (χ3v) is 8.34. The van der Waals surface area contributed by atoms with Crippen LogP contribution in [0.25, 0.3) is 0 Å². The lowest BCUT2D eigenvalue weighted by Crippen LogP contribution is -2.45. The summed E-state index contributed by atoms with van der Waals surface area (Å²) in [5.74, 6) is 0.504. The van der Waals surface area contributed by atoms with Crippen LogP contribution in [0.4, 0.5) is 40.8 Å². The average Bonchev–Trinajstić information content (AvgIpc) is 3.40. The summed E-state index contributed by atoms with van der Waals surface area (Å²) in [6.07, 6.45) is -3.14. The van der Waals surface area contributed by atoms with Gasteiger partial charge >= 0.3 is 12.2 Å². The number of halogens is 3. The van der Waals surface area contributed by atoms with Crippen LogP contribution in [0.2, 0.25) is 0 Å². The van der Waals surface area contributed by atoms with Crippen molar-refractivity contribution in [3.05, 3.63) is 94.7 Å². The zero-order valence-electron chi connectivity index (χ0n) is 27.0. The summed E-state index contributed by atoms with van der Waals surface area (Å²) in [5, 5.41) is 12.1. The number of carbonyl (C=O) groups is 2. The number of benzene rings is 3. The monoisotopic (exact) mass is 664 g/mol. The molecule has 0 aliphatic carbocycles. The second-order valence-corrected chi connectivity index (χ2v) is 11.6. The number of carbonyl (C=O) groups excluding carboxylic acids is 2. The fraction of sp³-hybridized carbons (Fsp3) is 0.324.